The molecular formula is C16H24N3O4P. The first-order valence-corrected chi connectivity index (χ1v) is 8.96. The molecule has 0 atom stereocenters. The van der Waals surface area contributed by atoms with Crippen molar-refractivity contribution in [1.29, 1.82) is 0 Å². The number of aliphatic imine (C=N–C) groups is 1. The van der Waals surface area contributed by atoms with Gasteiger partial charge in [-0.25, -0.2) is 15.0 Å². The van der Waals surface area contributed by atoms with Gasteiger partial charge in [-0.05, 0) is 12.1 Å². The smallest absolute Gasteiger partial charge is 0.347 e. The van der Waals surface area contributed by atoms with E-state index in [4.69, 9.17) is 14.1 Å². The molecule has 2 aliphatic heterocycles. The molecule has 8 heteroatoms. The summed E-state index contributed by atoms with van der Waals surface area (Å²) in [5, 5.41) is 0. The largest absolute Gasteiger partial charge is 0.351 e. The van der Waals surface area contributed by atoms with Crippen LogP contribution in [-0.4, -0.2) is 42.9 Å². The Hall–Kier alpha value is -1.53. The minimum Gasteiger partial charge on any atom is -0.347 e. The fraction of sp³-hybridized carbons (Fsp3) is 0.562. The van der Waals surface area contributed by atoms with Gasteiger partial charge >= 0.3 is 8.69 Å². The minimum absolute atomic E-state index is 0.438. The summed E-state index contributed by atoms with van der Waals surface area (Å²) < 4.78 is 26.8. The van der Waals surface area contributed by atoms with Gasteiger partial charge in [0, 0.05) is 25.9 Å². The maximum absolute atomic E-state index is 10.5. The van der Waals surface area contributed by atoms with E-state index >= 15 is 0 Å². The van der Waals surface area contributed by atoms with Crippen molar-refractivity contribution < 1.29 is 18.7 Å². The third kappa shape index (κ3) is 4.98. The fourth-order valence-corrected chi connectivity index (χ4v) is 2.81. The number of hydrogen-bond acceptors (Lipinski definition) is 5. The van der Waals surface area contributed by atoms with Crippen LogP contribution in [0.2, 0.25) is 0 Å². The van der Waals surface area contributed by atoms with Gasteiger partial charge in [-0.15, -0.1) is 0 Å². The van der Waals surface area contributed by atoms with E-state index in [1.165, 1.54) is 0 Å². The molecule has 0 aromatic heterocycles. The second-order valence-electron chi connectivity index (χ2n) is 5.13. The monoisotopic (exact) mass is 353 g/mol. The third-order valence-corrected chi connectivity index (χ3v) is 3.97. The predicted molar refractivity (Wildman–Crippen MR) is 92.2 cm³/mol. The molecule has 0 saturated carbocycles. The van der Waals surface area contributed by atoms with E-state index < -0.39 is 14.5 Å². The zero-order valence-electron chi connectivity index (χ0n) is 14.1. The zero-order valence-corrected chi connectivity index (χ0v) is 15.0. The molecule has 2 fully saturated rings. The van der Waals surface area contributed by atoms with Gasteiger partial charge in [-0.1, -0.05) is 32.0 Å². The summed E-state index contributed by atoms with van der Waals surface area (Å²) in [4.78, 5) is 6.55. The predicted octanol–water partition coefficient (Wildman–Crippen LogP) is 3.27. The quantitative estimate of drug-likeness (QED) is 0.389. The van der Waals surface area contributed by atoms with Gasteiger partial charge in [0.15, 0.2) is 5.79 Å². The van der Waals surface area contributed by atoms with Crippen LogP contribution in [0, 0.1) is 0 Å². The standard InChI is InChI=1S/C14H18N3O4P.C2H6/c18-22-21-16-13(15-12-4-2-1-3-5-12)17-8-6-14(7-9-17)19-10-11-20-14;1-2/h1-5H,6-11H2,(H,15,16);1-2H3. The maximum Gasteiger partial charge on any atom is 0.351 e. The number of likely N-dealkylation sites (tertiary alicyclic amines) is 1. The number of hydrogen-bond donors (Lipinski definition) is 1. The summed E-state index contributed by atoms with van der Waals surface area (Å²) in [6.07, 6.45) is 1.52. The average Bonchev–Trinajstić information content (AvgIpc) is 3.10. The molecule has 3 rings (SSSR count). The van der Waals surface area contributed by atoms with Gasteiger partial charge in [-0.3, -0.25) is 0 Å². The first-order valence-electron chi connectivity index (χ1n) is 8.23. The second-order valence-corrected chi connectivity index (χ2v) is 5.47. The summed E-state index contributed by atoms with van der Waals surface area (Å²) in [5.74, 6) is 0.0915. The number of piperidine rings is 1. The lowest BCUT2D eigenvalue weighted by atomic mass is 10.0. The van der Waals surface area contributed by atoms with Gasteiger partial charge in [0.2, 0.25) is 5.96 Å². The molecule has 0 radical (unpaired) electrons. The first kappa shape index (κ1) is 18.8. The topological polar surface area (TPSA) is 72.4 Å². The zero-order chi connectivity index (χ0) is 17.3. The molecule has 7 nitrogen and oxygen atoms in total. The minimum atomic E-state index is -0.444. The molecule has 0 aliphatic carbocycles. The fourth-order valence-electron chi connectivity index (χ4n) is 2.69. The van der Waals surface area contributed by atoms with Crippen LogP contribution < -0.4 is 5.48 Å². The van der Waals surface area contributed by atoms with Gasteiger partial charge < -0.3 is 14.4 Å². The second kappa shape index (κ2) is 9.69. The highest BCUT2D eigenvalue weighted by Crippen LogP contribution is 2.31. The van der Waals surface area contributed by atoms with Crippen LogP contribution in [0.1, 0.15) is 26.7 Å². The van der Waals surface area contributed by atoms with Crippen LogP contribution in [0.3, 0.4) is 0 Å². The molecule has 1 aromatic rings. The number of benzene rings is 1. The van der Waals surface area contributed by atoms with Crippen molar-refractivity contribution in [2.24, 2.45) is 4.99 Å². The van der Waals surface area contributed by atoms with Crippen molar-refractivity contribution in [3.63, 3.8) is 0 Å². The molecule has 2 saturated heterocycles. The van der Waals surface area contributed by atoms with Crippen LogP contribution in [0.4, 0.5) is 5.69 Å². The summed E-state index contributed by atoms with van der Waals surface area (Å²) in [7, 11) is -0.444. The van der Waals surface area contributed by atoms with Crippen molar-refractivity contribution in [3.8, 4) is 0 Å². The van der Waals surface area contributed by atoms with Gasteiger partial charge in [0.05, 0.1) is 18.9 Å². The van der Waals surface area contributed by atoms with E-state index in [2.05, 4.69) is 10.5 Å². The molecule has 0 amide bonds. The van der Waals surface area contributed by atoms with E-state index in [-0.39, 0.29) is 0 Å². The Bertz CT molecular complexity index is 525. The van der Waals surface area contributed by atoms with Gasteiger partial charge in [0.25, 0.3) is 0 Å². The number of para-hydroxylation sites is 1. The molecule has 1 aromatic carbocycles. The number of hydroxylamine groups is 1. The molecule has 0 unspecified atom stereocenters. The Labute approximate surface area is 144 Å². The van der Waals surface area contributed by atoms with Gasteiger partial charge in [-0.2, -0.15) is 4.62 Å². The van der Waals surface area contributed by atoms with Crippen molar-refractivity contribution in [3.05, 3.63) is 30.3 Å². The highest BCUT2D eigenvalue weighted by Gasteiger charge is 2.40. The average molecular weight is 353 g/mol. The Morgan fingerprint density at radius 3 is 2.42 bits per heavy atom. The van der Waals surface area contributed by atoms with Crippen LogP contribution in [0.15, 0.2) is 35.3 Å². The Balaban J connectivity index is 0.00000100. The summed E-state index contributed by atoms with van der Waals surface area (Å²) in [6.45, 7) is 6.75. The van der Waals surface area contributed by atoms with E-state index in [0.29, 0.717) is 19.2 Å². The highest BCUT2D eigenvalue weighted by atomic mass is 31.1. The molecule has 0 bridgehead atoms. The lowest BCUT2D eigenvalue weighted by Crippen LogP contribution is -2.50. The normalized spacial score (nSPS) is 19.9. The summed E-state index contributed by atoms with van der Waals surface area (Å²) >= 11 is 0. The Morgan fingerprint density at radius 1 is 1.21 bits per heavy atom. The number of nitrogens with zero attached hydrogens (tertiary/aromatic N) is 2. The van der Waals surface area contributed by atoms with E-state index in [1.807, 2.05) is 49.1 Å². The third-order valence-electron chi connectivity index (χ3n) is 3.80. The summed E-state index contributed by atoms with van der Waals surface area (Å²) in [6, 6.07) is 9.54. The van der Waals surface area contributed by atoms with Crippen molar-refractivity contribution in [2.45, 2.75) is 32.5 Å². The number of guanidine groups is 1. The first-order chi connectivity index (χ1) is 11.8. The molecule has 2 heterocycles. The molecule has 1 spiro atoms. The van der Waals surface area contributed by atoms with Crippen LogP contribution in [0.25, 0.3) is 0 Å². The molecule has 2 aliphatic rings. The highest BCUT2D eigenvalue weighted by molar-refractivity contribution is 7.17. The van der Waals surface area contributed by atoms with Crippen molar-refractivity contribution in [2.75, 3.05) is 26.3 Å². The number of nitrogens with one attached hydrogen (secondary N) is 1. The van der Waals surface area contributed by atoms with Crippen LogP contribution in [0.5, 0.6) is 0 Å². The summed E-state index contributed by atoms with van der Waals surface area (Å²) in [5.41, 5.74) is 3.43. The maximum atomic E-state index is 10.5. The van der Waals surface area contributed by atoms with E-state index in [9.17, 15) is 4.57 Å². The van der Waals surface area contributed by atoms with Crippen LogP contribution in [-0.2, 0) is 18.7 Å². The lowest BCUT2D eigenvalue weighted by Gasteiger charge is -2.38. The van der Waals surface area contributed by atoms with Crippen molar-refractivity contribution >= 4 is 20.3 Å². The lowest BCUT2D eigenvalue weighted by molar-refractivity contribution is -0.180. The van der Waals surface area contributed by atoms with Gasteiger partial charge in [0.1, 0.15) is 0 Å². The van der Waals surface area contributed by atoms with Crippen LogP contribution >= 0.6 is 8.69 Å². The number of ether oxygens (including phenoxy) is 2. The van der Waals surface area contributed by atoms with E-state index in [0.717, 1.165) is 31.6 Å². The molecule has 132 valence electrons. The Morgan fingerprint density at radius 2 is 1.83 bits per heavy atom. The molecule has 1 N–H and O–H groups in total. The van der Waals surface area contributed by atoms with E-state index in [1.54, 1.807) is 0 Å². The SMILES string of the molecule is CC.O=PONC(=Nc1ccccc1)N1CCC2(CC1)OCCO2. The Kier molecular flexibility index (Phi) is 7.59. The molecular weight excluding hydrogens is 329 g/mol. The number of rotatable bonds is 3. The molecule has 24 heavy (non-hydrogen) atoms. The van der Waals surface area contributed by atoms with Crippen molar-refractivity contribution in [1.82, 2.24) is 10.4 Å².